The SMILES string of the molecule is O=C(c1nn(-c2ccc(F)cc2)c2c1CCCC2)N(Cc1ccco1)Cc1cccs1. The molecule has 1 amide bonds. The number of benzene rings is 1. The van der Waals surface area contributed by atoms with E-state index in [0.717, 1.165) is 53.3 Å². The third kappa shape index (κ3) is 4.05. The van der Waals surface area contributed by atoms with Crippen LogP contribution in [0.1, 0.15) is 45.2 Å². The van der Waals surface area contributed by atoms with Crippen molar-refractivity contribution in [2.45, 2.75) is 38.8 Å². The first-order valence-corrected chi connectivity index (χ1v) is 11.3. The first kappa shape index (κ1) is 19.8. The molecule has 0 aliphatic heterocycles. The first-order chi connectivity index (χ1) is 15.2. The van der Waals surface area contributed by atoms with Gasteiger partial charge in [0, 0.05) is 16.1 Å². The molecule has 158 valence electrons. The number of fused-ring (bicyclic) bond motifs is 1. The number of thiophene rings is 1. The Labute approximate surface area is 183 Å². The summed E-state index contributed by atoms with van der Waals surface area (Å²) in [6, 6.07) is 14.0. The van der Waals surface area contributed by atoms with Crippen molar-refractivity contribution in [3.63, 3.8) is 0 Å². The van der Waals surface area contributed by atoms with Crippen LogP contribution >= 0.6 is 11.3 Å². The Bertz CT molecular complexity index is 1130. The molecule has 0 saturated heterocycles. The highest BCUT2D eigenvalue weighted by molar-refractivity contribution is 7.09. The van der Waals surface area contributed by atoms with Gasteiger partial charge in [0.15, 0.2) is 5.69 Å². The highest BCUT2D eigenvalue weighted by atomic mass is 32.1. The van der Waals surface area contributed by atoms with Crippen molar-refractivity contribution in [1.29, 1.82) is 0 Å². The molecule has 0 fully saturated rings. The molecule has 3 heterocycles. The number of carbonyl (C=O) groups excluding carboxylic acids is 1. The largest absolute Gasteiger partial charge is 0.467 e. The summed E-state index contributed by atoms with van der Waals surface area (Å²) in [5.74, 6) is 0.335. The van der Waals surface area contributed by atoms with Gasteiger partial charge in [-0.1, -0.05) is 6.07 Å². The zero-order valence-electron chi connectivity index (χ0n) is 17.0. The van der Waals surface area contributed by atoms with Gasteiger partial charge in [-0.3, -0.25) is 4.79 Å². The molecule has 31 heavy (non-hydrogen) atoms. The minimum absolute atomic E-state index is 0.108. The average molecular weight is 436 g/mol. The molecule has 0 radical (unpaired) electrons. The van der Waals surface area contributed by atoms with Crippen LogP contribution in [0.2, 0.25) is 0 Å². The lowest BCUT2D eigenvalue weighted by molar-refractivity contribution is 0.0712. The average Bonchev–Trinajstić information content (AvgIpc) is 3.55. The van der Waals surface area contributed by atoms with Gasteiger partial charge in [-0.2, -0.15) is 5.10 Å². The van der Waals surface area contributed by atoms with Gasteiger partial charge < -0.3 is 9.32 Å². The van der Waals surface area contributed by atoms with Gasteiger partial charge in [0.2, 0.25) is 0 Å². The van der Waals surface area contributed by atoms with Crippen LogP contribution in [0.5, 0.6) is 0 Å². The molecule has 5 rings (SSSR count). The van der Waals surface area contributed by atoms with Gasteiger partial charge in [0.05, 0.1) is 25.0 Å². The number of hydrogen-bond acceptors (Lipinski definition) is 4. The monoisotopic (exact) mass is 435 g/mol. The Morgan fingerprint density at radius 3 is 2.68 bits per heavy atom. The van der Waals surface area contributed by atoms with Crippen molar-refractivity contribution in [3.8, 4) is 5.69 Å². The van der Waals surface area contributed by atoms with Crippen LogP contribution in [0.15, 0.2) is 64.6 Å². The lowest BCUT2D eigenvalue weighted by atomic mass is 9.95. The minimum atomic E-state index is -0.290. The summed E-state index contributed by atoms with van der Waals surface area (Å²) in [4.78, 5) is 16.6. The summed E-state index contributed by atoms with van der Waals surface area (Å²) in [6.07, 6.45) is 5.39. The quantitative estimate of drug-likeness (QED) is 0.408. The number of rotatable bonds is 6. The maximum absolute atomic E-state index is 13.7. The van der Waals surface area contributed by atoms with Crippen molar-refractivity contribution in [2.24, 2.45) is 0 Å². The number of aromatic nitrogens is 2. The highest BCUT2D eigenvalue weighted by Gasteiger charge is 2.29. The standard InChI is InChI=1S/C24H22FN3O2S/c25-17-9-11-18(12-10-17)28-22-8-2-1-7-21(22)23(26-28)24(29)27(15-19-5-3-13-30-19)16-20-6-4-14-31-20/h3-6,9-14H,1-2,7-8,15-16H2. The zero-order chi connectivity index (χ0) is 21.2. The first-order valence-electron chi connectivity index (χ1n) is 10.4. The molecule has 0 unspecified atom stereocenters. The minimum Gasteiger partial charge on any atom is -0.467 e. The molecular formula is C24H22FN3O2S. The van der Waals surface area contributed by atoms with Crippen LogP contribution in [0.4, 0.5) is 4.39 Å². The summed E-state index contributed by atoms with van der Waals surface area (Å²) in [6.45, 7) is 0.872. The Morgan fingerprint density at radius 2 is 1.94 bits per heavy atom. The summed E-state index contributed by atoms with van der Waals surface area (Å²) < 4.78 is 20.8. The predicted octanol–water partition coefficient (Wildman–Crippen LogP) is 5.39. The van der Waals surface area contributed by atoms with E-state index in [-0.39, 0.29) is 11.7 Å². The molecule has 0 N–H and O–H groups in total. The zero-order valence-corrected chi connectivity index (χ0v) is 17.8. The fourth-order valence-electron chi connectivity index (χ4n) is 4.10. The lowest BCUT2D eigenvalue weighted by Crippen LogP contribution is -2.31. The van der Waals surface area contributed by atoms with Gasteiger partial charge in [-0.15, -0.1) is 11.3 Å². The highest BCUT2D eigenvalue weighted by Crippen LogP contribution is 2.29. The third-order valence-electron chi connectivity index (χ3n) is 5.59. The summed E-state index contributed by atoms with van der Waals surface area (Å²) >= 11 is 1.62. The van der Waals surface area contributed by atoms with Gasteiger partial charge in [-0.25, -0.2) is 9.07 Å². The second kappa shape index (κ2) is 8.51. The van der Waals surface area contributed by atoms with Crippen molar-refractivity contribution >= 4 is 17.2 Å². The lowest BCUT2D eigenvalue weighted by Gasteiger charge is -2.21. The Balaban J connectivity index is 1.53. The number of hydrogen-bond donors (Lipinski definition) is 0. The fourth-order valence-corrected chi connectivity index (χ4v) is 4.82. The predicted molar refractivity (Wildman–Crippen MR) is 117 cm³/mol. The van der Waals surface area contributed by atoms with Crippen LogP contribution in [0, 0.1) is 5.82 Å². The van der Waals surface area contributed by atoms with E-state index >= 15 is 0 Å². The molecule has 7 heteroatoms. The Morgan fingerprint density at radius 1 is 1.10 bits per heavy atom. The Kier molecular flexibility index (Phi) is 5.42. The van der Waals surface area contributed by atoms with Crippen molar-refractivity contribution < 1.29 is 13.6 Å². The molecule has 1 aliphatic rings. The smallest absolute Gasteiger partial charge is 0.275 e. The van der Waals surface area contributed by atoms with Gasteiger partial charge in [-0.05, 0) is 73.5 Å². The van der Waals surface area contributed by atoms with Crippen LogP contribution < -0.4 is 0 Å². The second-order valence-electron chi connectivity index (χ2n) is 7.69. The molecule has 5 nitrogen and oxygen atoms in total. The second-order valence-corrected chi connectivity index (χ2v) is 8.72. The third-order valence-corrected chi connectivity index (χ3v) is 6.46. The Hall–Kier alpha value is -3.19. The van der Waals surface area contributed by atoms with Crippen LogP contribution in [0.25, 0.3) is 5.69 Å². The van der Waals surface area contributed by atoms with E-state index in [0.29, 0.717) is 18.8 Å². The summed E-state index contributed by atoms with van der Waals surface area (Å²) in [7, 11) is 0. The van der Waals surface area contributed by atoms with Crippen molar-refractivity contribution in [1.82, 2.24) is 14.7 Å². The molecule has 1 aliphatic carbocycles. The van der Waals surface area contributed by atoms with Crippen molar-refractivity contribution in [3.05, 3.63) is 93.6 Å². The molecule has 4 aromatic rings. The normalized spacial score (nSPS) is 13.2. The van der Waals surface area contributed by atoms with E-state index in [4.69, 9.17) is 9.52 Å². The van der Waals surface area contributed by atoms with E-state index in [1.165, 1.54) is 12.1 Å². The van der Waals surface area contributed by atoms with Crippen molar-refractivity contribution in [2.75, 3.05) is 0 Å². The number of furan rings is 1. The fraction of sp³-hybridized carbons (Fsp3) is 0.250. The molecule has 0 saturated carbocycles. The number of carbonyl (C=O) groups is 1. The molecule has 0 atom stereocenters. The van der Waals surface area contributed by atoms with Gasteiger partial charge in [0.1, 0.15) is 11.6 Å². The summed E-state index contributed by atoms with van der Waals surface area (Å²) in [5, 5.41) is 6.76. The molecule has 0 bridgehead atoms. The van der Waals surface area contributed by atoms with E-state index in [9.17, 15) is 9.18 Å². The van der Waals surface area contributed by atoms with Crippen LogP contribution in [0.3, 0.4) is 0 Å². The number of halogens is 1. The molecule has 3 aromatic heterocycles. The van der Waals surface area contributed by atoms with E-state index < -0.39 is 0 Å². The number of amides is 1. The van der Waals surface area contributed by atoms with Gasteiger partial charge >= 0.3 is 0 Å². The van der Waals surface area contributed by atoms with E-state index in [1.54, 1.807) is 34.6 Å². The molecule has 0 spiro atoms. The summed E-state index contributed by atoms with van der Waals surface area (Å²) in [5.41, 5.74) is 3.32. The number of nitrogens with zero attached hydrogens (tertiary/aromatic N) is 3. The van der Waals surface area contributed by atoms with E-state index in [2.05, 4.69) is 0 Å². The van der Waals surface area contributed by atoms with Crippen LogP contribution in [-0.4, -0.2) is 20.6 Å². The van der Waals surface area contributed by atoms with Gasteiger partial charge in [0.25, 0.3) is 5.91 Å². The maximum atomic E-state index is 13.7. The molecular weight excluding hydrogens is 413 g/mol. The topological polar surface area (TPSA) is 51.3 Å². The molecule has 1 aromatic carbocycles. The van der Waals surface area contributed by atoms with Crippen LogP contribution in [-0.2, 0) is 25.9 Å². The van der Waals surface area contributed by atoms with E-state index in [1.807, 2.05) is 34.3 Å². The maximum Gasteiger partial charge on any atom is 0.275 e.